The molecule has 2 atom stereocenters. The third kappa shape index (κ3) is 2.70. The van der Waals surface area contributed by atoms with E-state index in [-0.39, 0.29) is 6.61 Å². The summed E-state index contributed by atoms with van der Waals surface area (Å²) in [7, 11) is 1.15. The Kier molecular flexibility index (Phi) is 4.56. The van der Waals surface area contributed by atoms with E-state index >= 15 is 0 Å². The van der Waals surface area contributed by atoms with Gasteiger partial charge in [0, 0.05) is 0 Å². The second-order valence-corrected chi connectivity index (χ2v) is 3.11. The SMILES string of the molecule is CCOC(=O)[C@@H](C)[C@@](C)(O)C(=O)OC. The molecule has 0 amide bonds. The van der Waals surface area contributed by atoms with E-state index < -0.39 is 23.5 Å². The molecular formula is C9H16O5. The minimum atomic E-state index is -1.85. The summed E-state index contributed by atoms with van der Waals surface area (Å²) in [6, 6.07) is 0. The van der Waals surface area contributed by atoms with Gasteiger partial charge in [0.25, 0.3) is 0 Å². The highest BCUT2D eigenvalue weighted by Crippen LogP contribution is 2.19. The molecule has 0 aliphatic rings. The van der Waals surface area contributed by atoms with Crippen molar-refractivity contribution in [3.63, 3.8) is 0 Å². The highest BCUT2D eigenvalue weighted by Gasteiger charge is 2.42. The maximum atomic E-state index is 11.2. The van der Waals surface area contributed by atoms with Crippen molar-refractivity contribution in [2.75, 3.05) is 13.7 Å². The van der Waals surface area contributed by atoms with Crippen molar-refractivity contribution >= 4 is 11.9 Å². The van der Waals surface area contributed by atoms with E-state index in [0.717, 1.165) is 7.11 Å². The van der Waals surface area contributed by atoms with Gasteiger partial charge in [-0.1, -0.05) is 0 Å². The number of carbonyl (C=O) groups excluding carboxylic acids is 2. The second kappa shape index (κ2) is 4.95. The summed E-state index contributed by atoms with van der Waals surface area (Å²) in [5.41, 5.74) is -1.85. The van der Waals surface area contributed by atoms with E-state index in [9.17, 15) is 14.7 Å². The first-order chi connectivity index (χ1) is 6.37. The molecule has 82 valence electrons. The monoisotopic (exact) mass is 204 g/mol. The van der Waals surface area contributed by atoms with Gasteiger partial charge in [-0.15, -0.1) is 0 Å². The van der Waals surface area contributed by atoms with Crippen LogP contribution < -0.4 is 0 Å². The average Bonchev–Trinajstić information content (AvgIpc) is 2.15. The zero-order valence-electron chi connectivity index (χ0n) is 8.86. The maximum absolute atomic E-state index is 11.2. The van der Waals surface area contributed by atoms with Crippen molar-refractivity contribution in [2.24, 2.45) is 5.92 Å². The lowest BCUT2D eigenvalue weighted by Gasteiger charge is -2.25. The summed E-state index contributed by atoms with van der Waals surface area (Å²) in [5.74, 6) is -2.42. The quantitative estimate of drug-likeness (QED) is 0.658. The Balaban J connectivity index is 4.56. The van der Waals surface area contributed by atoms with Gasteiger partial charge in [-0.3, -0.25) is 4.79 Å². The van der Waals surface area contributed by atoms with E-state index in [4.69, 9.17) is 0 Å². The first-order valence-corrected chi connectivity index (χ1v) is 4.35. The molecule has 0 saturated heterocycles. The Morgan fingerprint density at radius 1 is 1.50 bits per heavy atom. The van der Waals surface area contributed by atoms with E-state index in [2.05, 4.69) is 9.47 Å². The molecule has 0 aromatic rings. The zero-order valence-corrected chi connectivity index (χ0v) is 8.86. The largest absolute Gasteiger partial charge is 0.467 e. The van der Waals surface area contributed by atoms with E-state index in [1.807, 2.05) is 0 Å². The van der Waals surface area contributed by atoms with Crippen LogP contribution in [0.15, 0.2) is 0 Å². The lowest BCUT2D eigenvalue weighted by atomic mass is 9.91. The Morgan fingerprint density at radius 2 is 2.00 bits per heavy atom. The van der Waals surface area contributed by atoms with Crippen LogP contribution in [0.1, 0.15) is 20.8 Å². The molecule has 1 N–H and O–H groups in total. The number of carbonyl (C=O) groups is 2. The summed E-state index contributed by atoms with van der Waals surface area (Å²) in [6.07, 6.45) is 0. The molecule has 14 heavy (non-hydrogen) atoms. The van der Waals surface area contributed by atoms with Crippen molar-refractivity contribution in [1.82, 2.24) is 0 Å². The Bertz CT molecular complexity index is 221. The standard InChI is InChI=1S/C9H16O5/c1-5-14-7(10)6(2)9(3,12)8(11)13-4/h6,12H,5H2,1-4H3/t6-,9-/m1/s1. The first-order valence-electron chi connectivity index (χ1n) is 4.35. The molecule has 0 aromatic carbocycles. The van der Waals surface area contributed by atoms with Crippen LogP contribution in [0, 0.1) is 5.92 Å². The molecule has 5 heteroatoms. The first kappa shape index (κ1) is 12.9. The number of methoxy groups -OCH3 is 1. The Hall–Kier alpha value is -1.10. The molecule has 0 fully saturated rings. The van der Waals surface area contributed by atoms with Crippen LogP contribution in [0.4, 0.5) is 0 Å². The summed E-state index contributed by atoms with van der Waals surface area (Å²) in [4.78, 5) is 22.3. The Labute approximate surface area is 83.0 Å². The molecule has 0 unspecified atom stereocenters. The third-order valence-corrected chi connectivity index (χ3v) is 2.08. The van der Waals surface area contributed by atoms with Gasteiger partial charge < -0.3 is 14.6 Å². The van der Waals surface area contributed by atoms with Crippen LogP contribution >= 0.6 is 0 Å². The predicted molar refractivity (Wildman–Crippen MR) is 48.4 cm³/mol. The minimum Gasteiger partial charge on any atom is -0.467 e. The van der Waals surface area contributed by atoms with Crippen molar-refractivity contribution < 1.29 is 24.2 Å². The van der Waals surface area contributed by atoms with Crippen LogP contribution in [0.5, 0.6) is 0 Å². The van der Waals surface area contributed by atoms with Crippen LogP contribution in [-0.4, -0.2) is 36.4 Å². The molecule has 0 radical (unpaired) electrons. The van der Waals surface area contributed by atoms with Crippen molar-refractivity contribution in [2.45, 2.75) is 26.4 Å². The highest BCUT2D eigenvalue weighted by atomic mass is 16.5. The summed E-state index contributed by atoms with van der Waals surface area (Å²) in [5, 5.41) is 9.67. The van der Waals surface area contributed by atoms with Gasteiger partial charge in [0.05, 0.1) is 19.6 Å². The fourth-order valence-electron chi connectivity index (χ4n) is 0.880. The number of esters is 2. The number of hydrogen-bond donors (Lipinski definition) is 1. The lowest BCUT2D eigenvalue weighted by molar-refractivity contribution is -0.175. The van der Waals surface area contributed by atoms with Gasteiger partial charge in [0.2, 0.25) is 0 Å². The molecule has 0 aliphatic carbocycles. The molecule has 0 bridgehead atoms. The number of hydrogen-bond acceptors (Lipinski definition) is 5. The van der Waals surface area contributed by atoms with Gasteiger partial charge in [-0.05, 0) is 20.8 Å². The number of ether oxygens (including phenoxy) is 2. The fraction of sp³-hybridized carbons (Fsp3) is 0.778. The smallest absolute Gasteiger partial charge is 0.338 e. The van der Waals surface area contributed by atoms with Crippen molar-refractivity contribution in [3.05, 3.63) is 0 Å². The van der Waals surface area contributed by atoms with Gasteiger partial charge in [0.15, 0.2) is 5.60 Å². The molecule has 5 nitrogen and oxygen atoms in total. The van der Waals surface area contributed by atoms with Crippen molar-refractivity contribution in [3.8, 4) is 0 Å². The third-order valence-electron chi connectivity index (χ3n) is 2.08. The lowest BCUT2D eigenvalue weighted by Crippen LogP contribution is -2.46. The van der Waals surface area contributed by atoms with Gasteiger partial charge in [-0.2, -0.15) is 0 Å². The van der Waals surface area contributed by atoms with E-state index in [0.29, 0.717) is 0 Å². The topological polar surface area (TPSA) is 72.8 Å². The van der Waals surface area contributed by atoms with Gasteiger partial charge in [-0.25, -0.2) is 4.79 Å². The molecule has 0 aromatic heterocycles. The molecule has 0 saturated carbocycles. The number of rotatable bonds is 4. The average molecular weight is 204 g/mol. The molecule has 0 rings (SSSR count). The van der Waals surface area contributed by atoms with Crippen LogP contribution in [-0.2, 0) is 19.1 Å². The van der Waals surface area contributed by atoms with E-state index in [1.165, 1.54) is 13.8 Å². The Morgan fingerprint density at radius 3 is 2.36 bits per heavy atom. The predicted octanol–water partition coefficient (Wildman–Crippen LogP) is 0.110. The molecular weight excluding hydrogens is 188 g/mol. The molecule has 0 aliphatic heterocycles. The molecule has 0 spiro atoms. The van der Waals surface area contributed by atoms with Crippen LogP contribution in [0.3, 0.4) is 0 Å². The summed E-state index contributed by atoms with van der Waals surface area (Å²) < 4.78 is 9.05. The minimum absolute atomic E-state index is 0.209. The second-order valence-electron chi connectivity index (χ2n) is 3.11. The molecule has 0 heterocycles. The summed E-state index contributed by atoms with van der Waals surface area (Å²) >= 11 is 0. The zero-order chi connectivity index (χ0) is 11.4. The van der Waals surface area contributed by atoms with Crippen LogP contribution in [0.2, 0.25) is 0 Å². The highest BCUT2D eigenvalue weighted by molar-refractivity contribution is 5.86. The normalized spacial score (nSPS) is 16.6. The van der Waals surface area contributed by atoms with E-state index in [1.54, 1.807) is 6.92 Å². The van der Waals surface area contributed by atoms with Crippen LogP contribution in [0.25, 0.3) is 0 Å². The number of aliphatic hydroxyl groups is 1. The van der Waals surface area contributed by atoms with Gasteiger partial charge >= 0.3 is 11.9 Å². The summed E-state index contributed by atoms with van der Waals surface area (Å²) in [6.45, 7) is 4.49. The fourth-order valence-corrected chi connectivity index (χ4v) is 0.880. The van der Waals surface area contributed by atoms with Gasteiger partial charge in [0.1, 0.15) is 0 Å². The van der Waals surface area contributed by atoms with Crippen molar-refractivity contribution in [1.29, 1.82) is 0 Å². The maximum Gasteiger partial charge on any atom is 0.338 e.